The molecule has 0 atom stereocenters. The molecule has 0 fully saturated rings. The van der Waals surface area contributed by atoms with Gasteiger partial charge in [-0.25, -0.2) is 0 Å². The third-order valence-electron chi connectivity index (χ3n) is 4.32. The monoisotopic (exact) mass is 436 g/mol. The Bertz CT molecular complexity index is 757. The lowest BCUT2D eigenvalue weighted by Gasteiger charge is -2.12. The summed E-state index contributed by atoms with van der Waals surface area (Å²) in [5, 5.41) is 17.2. The number of rotatable bonds is 11. The van der Waals surface area contributed by atoms with Crippen molar-refractivity contribution in [2.24, 2.45) is 10.9 Å². The summed E-state index contributed by atoms with van der Waals surface area (Å²) in [4.78, 5) is 4.70. The molecule has 2 N–H and O–H groups in total. The number of aromatic nitrogens is 3. The molecule has 1 aromatic heterocycles. The first-order valence-electron chi connectivity index (χ1n) is 10.3. The summed E-state index contributed by atoms with van der Waals surface area (Å²) < 4.78 is 2.24. The number of thioether (sulfide) groups is 1. The summed E-state index contributed by atoms with van der Waals surface area (Å²) in [7, 11) is 0. The van der Waals surface area contributed by atoms with Crippen LogP contribution in [0.2, 0.25) is 5.02 Å². The molecular weight excluding hydrogens is 404 g/mol. The maximum absolute atomic E-state index is 5.94. The van der Waals surface area contributed by atoms with Crippen molar-refractivity contribution < 1.29 is 0 Å². The highest BCUT2D eigenvalue weighted by Crippen LogP contribution is 2.16. The van der Waals surface area contributed by atoms with Crippen LogP contribution in [0.5, 0.6) is 0 Å². The molecular formula is C21H33ClN6S. The van der Waals surface area contributed by atoms with Crippen molar-refractivity contribution in [3.8, 4) is 0 Å². The van der Waals surface area contributed by atoms with Gasteiger partial charge in [0.25, 0.3) is 0 Å². The summed E-state index contributed by atoms with van der Waals surface area (Å²) in [5.41, 5.74) is 1.26. The maximum Gasteiger partial charge on any atom is 0.191 e. The van der Waals surface area contributed by atoms with E-state index < -0.39 is 0 Å². The molecule has 0 radical (unpaired) electrons. The predicted molar refractivity (Wildman–Crippen MR) is 124 cm³/mol. The molecule has 8 heteroatoms. The number of guanidine groups is 1. The Morgan fingerprint density at radius 2 is 1.93 bits per heavy atom. The van der Waals surface area contributed by atoms with Crippen LogP contribution in [0.3, 0.4) is 0 Å². The van der Waals surface area contributed by atoms with E-state index >= 15 is 0 Å². The van der Waals surface area contributed by atoms with Gasteiger partial charge < -0.3 is 15.2 Å². The smallest absolute Gasteiger partial charge is 0.191 e. The van der Waals surface area contributed by atoms with Gasteiger partial charge in [-0.3, -0.25) is 4.99 Å². The molecule has 2 aromatic rings. The number of nitrogens with one attached hydrogen (secondary N) is 2. The van der Waals surface area contributed by atoms with Crippen LogP contribution < -0.4 is 10.6 Å². The van der Waals surface area contributed by atoms with E-state index in [0.717, 1.165) is 67.4 Å². The summed E-state index contributed by atoms with van der Waals surface area (Å²) in [6.45, 7) is 9.89. The lowest BCUT2D eigenvalue weighted by molar-refractivity contribution is 0.477. The van der Waals surface area contributed by atoms with E-state index in [0.29, 0.717) is 5.92 Å². The fourth-order valence-corrected chi connectivity index (χ4v) is 3.60. The second-order valence-corrected chi connectivity index (χ2v) is 8.48. The average Bonchev–Trinajstić information content (AvgIpc) is 3.07. The minimum atomic E-state index is 0.568. The van der Waals surface area contributed by atoms with Crippen molar-refractivity contribution in [1.29, 1.82) is 0 Å². The number of nitrogens with zero attached hydrogens (tertiary/aromatic N) is 4. The largest absolute Gasteiger partial charge is 0.357 e. The zero-order valence-electron chi connectivity index (χ0n) is 17.9. The molecule has 0 unspecified atom stereocenters. The fourth-order valence-electron chi connectivity index (χ4n) is 2.95. The Morgan fingerprint density at radius 3 is 2.59 bits per heavy atom. The summed E-state index contributed by atoms with van der Waals surface area (Å²) in [6, 6.07) is 7.97. The van der Waals surface area contributed by atoms with Crippen LogP contribution in [-0.2, 0) is 19.4 Å². The molecule has 0 saturated carbocycles. The highest BCUT2D eigenvalue weighted by molar-refractivity contribution is 7.98. The lowest BCUT2D eigenvalue weighted by Crippen LogP contribution is -2.38. The average molecular weight is 437 g/mol. The molecule has 0 amide bonds. The summed E-state index contributed by atoms with van der Waals surface area (Å²) >= 11 is 7.59. The molecule has 0 aliphatic carbocycles. The number of aliphatic imine (C=N–C) groups is 1. The molecule has 1 heterocycles. The van der Waals surface area contributed by atoms with Crippen molar-refractivity contribution >= 4 is 29.3 Å². The summed E-state index contributed by atoms with van der Waals surface area (Å²) in [5.74, 6) is 2.48. The maximum atomic E-state index is 5.94. The lowest BCUT2D eigenvalue weighted by atomic mass is 10.1. The van der Waals surface area contributed by atoms with Crippen LogP contribution in [-0.4, -0.2) is 46.6 Å². The Balaban J connectivity index is 1.82. The second kappa shape index (κ2) is 12.8. The molecule has 1 aromatic carbocycles. The van der Waals surface area contributed by atoms with Crippen molar-refractivity contribution in [1.82, 2.24) is 25.4 Å². The normalized spacial score (nSPS) is 11.9. The SMILES string of the molecule is CCNC(=NCCCc1nnc(SC)n1CC(C)C)NCCc1ccc(Cl)cc1. The van der Waals surface area contributed by atoms with E-state index in [1.54, 1.807) is 11.8 Å². The minimum absolute atomic E-state index is 0.568. The van der Waals surface area contributed by atoms with E-state index in [1.165, 1.54) is 5.56 Å². The standard InChI is InChI=1S/C21H33ClN6S/c1-5-23-20(25-14-12-17-8-10-18(22)11-9-17)24-13-6-7-19-26-27-21(29-4)28(19)15-16(2)3/h8-11,16H,5-7,12-15H2,1-4H3,(H2,23,24,25). The Labute approximate surface area is 183 Å². The highest BCUT2D eigenvalue weighted by atomic mass is 35.5. The van der Waals surface area contributed by atoms with Gasteiger partial charge in [0.05, 0.1) is 0 Å². The molecule has 29 heavy (non-hydrogen) atoms. The molecule has 0 saturated heterocycles. The quantitative estimate of drug-likeness (QED) is 0.241. The topological polar surface area (TPSA) is 67.1 Å². The first-order valence-corrected chi connectivity index (χ1v) is 11.9. The molecule has 6 nitrogen and oxygen atoms in total. The number of hydrogen-bond donors (Lipinski definition) is 2. The van der Waals surface area contributed by atoms with E-state index in [1.807, 2.05) is 18.4 Å². The second-order valence-electron chi connectivity index (χ2n) is 7.27. The van der Waals surface area contributed by atoms with Gasteiger partial charge in [-0.2, -0.15) is 0 Å². The zero-order chi connectivity index (χ0) is 21.1. The highest BCUT2D eigenvalue weighted by Gasteiger charge is 2.12. The van der Waals surface area contributed by atoms with Gasteiger partial charge in [0, 0.05) is 37.6 Å². The van der Waals surface area contributed by atoms with Crippen LogP contribution in [0.4, 0.5) is 0 Å². The van der Waals surface area contributed by atoms with Crippen LogP contribution in [0.25, 0.3) is 0 Å². The Morgan fingerprint density at radius 1 is 1.17 bits per heavy atom. The van der Waals surface area contributed by atoms with Gasteiger partial charge in [0.15, 0.2) is 11.1 Å². The van der Waals surface area contributed by atoms with Crippen LogP contribution >= 0.6 is 23.4 Å². The van der Waals surface area contributed by atoms with Gasteiger partial charge in [-0.05, 0) is 49.6 Å². The Hall–Kier alpha value is -1.73. The van der Waals surface area contributed by atoms with E-state index in [4.69, 9.17) is 16.6 Å². The predicted octanol–water partition coefficient (Wildman–Crippen LogP) is 4.04. The van der Waals surface area contributed by atoms with Gasteiger partial charge >= 0.3 is 0 Å². The molecule has 0 bridgehead atoms. The first kappa shape index (κ1) is 23.5. The molecule has 0 spiro atoms. The third kappa shape index (κ3) is 8.26. The number of aryl methyl sites for hydroxylation is 1. The van der Waals surface area contributed by atoms with Gasteiger partial charge in [-0.15, -0.1) is 10.2 Å². The van der Waals surface area contributed by atoms with Crippen LogP contribution in [0, 0.1) is 5.92 Å². The molecule has 0 aliphatic heterocycles. The van der Waals surface area contributed by atoms with E-state index in [2.05, 4.69) is 58.3 Å². The van der Waals surface area contributed by atoms with Gasteiger partial charge in [0.2, 0.25) is 0 Å². The Kier molecular flexibility index (Phi) is 10.4. The summed E-state index contributed by atoms with van der Waals surface area (Å²) in [6.07, 6.45) is 4.80. The van der Waals surface area contributed by atoms with E-state index in [-0.39, 0.29) is 0 Å². The van der Waals surface area contributed by atoms with Crippen molar-refractivity contribution in [2.75, 3.05) is 25.9 Å². The van der Waals surface area contributed by atoms with Gasteiger partial charge in [0.1, 0.15) is 5.82 Å². The number of halogens is 1. The molecule has 0 aliphatic rings. The van der Waals surface area contributed by atoms with Crippen molar-refractivity contribution in [2.45, 2.75) is 51.7 Å². The van der Waals surface area contributed by atoms with Crippen LogP contribution in [0.1, 0.15) is 38.6 Å². The number of hydrogen-bond acceptors (Lipinski definition) is 4. The molecule has 2 rings (SSSR count). The number of benzene rings is 1. The fraction of sp³-hybridized carbons (Fsp3) is 0.571. The minimum Gasteiger partial charge on any atom is -0.357 e. The van der Waals surface area contributed by atoms with Crippen molar-refractivity contribution in [3.05, 3.63) is 40.7 Å². The van der Waals surface area contributed by atoms with E-state index in [9.17, 15) is 0 Å². The molecule has 160 valence electrons. The van der Waals surface area contributed by atoms with Crippen molar-refractivity contribution in [3.63, 3.8) is 0 Å². The third-order valence-corrected chi connectivity index (χ3v) is 5.23. The zero-order valence-corrected chi connectivity index (χ0v) is 19.5. The van der Waals surface area contributed by atoms with Crippen LogP contribution in [0.15, 0.2) is 34.4 Å². The van der Waals surface area contributed by atoms with Gasteiger partial charge in [-0.1, -0.05) is 49.3 Å². The first-order chi connectivity index (χ1) is 14.0.